The van der Waals surface area contributed by atoms with E-state index < -0.39 is 61.3 Å². The lowest BCUT2D eigenvalue weighted by Crippen LogP contribution is -2.35. The van der Waals surface area contributed by atoms with Crippen molar-refractivity contribution in [1.29, 1.82) is 0 Å². The first-order chi connectivity index (χ1) is 21.2. The van der Waals surface area contributed by atoms with Gasteiger partial charge in [-0.3, -0.25) is 0 Å². The number of cyclic esters (lactones) is 1. The predicted octanol–water partition coefficient (Wildman–Crippen LogP) is 6.42. The topological polar surface area (TPSA) is 57.2 Å². The molecule has 2 heterocycles. The van der Waals surface area contributed by atoms with Gasteiger partial charge in [-0.15, -0.1) is 0 Å². The van der Waals surface area contributed by atoms with Crippen molar-refractivity contribution in [2.45, 2.75) is 77.1 Å². The highest BCUT2D eigenvalue weighted by Crippen LogP contribution is 2.35. The van der Waals surface area contributed by atoms with E-state index in [4.69, 9.17) is 34.0 Å². The summed E-state index contributed by atoms with van der Waals surface area (Å²) in [6, 6.07) is 5.89. The summed E-state index contributed by atoms with van der Waals surface area (Å²) < 4.78 is 112. The highest BCUT2D eigenvalue weighted by molar-refractivity contribution is 5.70. The molecule has 6 nitrogen and oxygen atoms in total. The monoisotopic (exact) mass is 492 g/mol. The van der Waals surface area contributed by atoms with Crippen molar-refractivity contribution in [2.24, 2.45) is 0 Å². The molecule has 0 radical (unpaired) electrons. The molecule has 0 bridgehead atoms. The summed E-state index contributed by atoms with van der Waals surface area (Å²) in [7, 11) is 0. The summed E-state index contributed by atoms with van der Waals surface area (Å²) >= 11 is 0. The Morgan fingerprint density at radius 3 is 2.86 bits per heavy atom. The summed E-state index contributed by atoms with van der Waals surface area (Å²) in [6.45, 7) is 1.35. The van der Waals surface area contributed by atoms with Crippen LogP contribution in [0.15, 0.2) is 48.5 Å². The van der Waals surface area contributed by atoms with Crippen molar-refractivity contribution in [1.82, 2.24) is 4.90 Å². The van der Waals surface area contributed by atoms with Gasteiger partial charge < -0.3 is 23.8 Å². The molecule has 1 saturated heterocycles. The van der Waals surface area contributed by atoms with Gasteiger partial charge in [-0.05, 0) is 55.2 Å². The van der Waals surface area contributed by atoms with Gasteiger partial charge in [-0.2, -0.15) is 0 Å². The van der Waals surface area contributed by atoms with Crippen LogP contribution in [0.25, 0.3) is 0 Å². The van der Waals surface area contributed by atoms with Crippen molar-refractivity contribution >= 4 is 6.09 Å². The van der Waals surface area contributed by atoms with Crippen LogP contribution in [0.1, 0.15) is 90.1 Å². The second-order valence-electron chi connectivity index (χ2n) is 8.83. The van der Waals surface area contributed by atoms with Crippen LogP contribution in [-0.2, 0) is 27.2 Å². The fourth-order valence-corrected chi connectivity index (χ4v) is 3.84. The predicted molar refractivity (Wildman–Crippen MR) is 135 cm³/mol. The molecule has 1 fully saturated rings. The summed E-state index contributed by atoms with van der Waals surface area (Å²) in [4.78, 5) is 14.1. The molecule has 1 amide bonds. The molecule has 0 aliphatic carbocycles. The minimum Gasteiger partial charge on any atom is -0.463 e. The van der Waals surface area contributed by atoms with Crippen molar-refractivity contribution in [3.63, 3.8) is 0 Å². The van der Waals surface area contributed by atoms with Crippen molar-refractivity contribution in [3.8, 4) is 5.75 Å². The van der Waals surface area contributed by atoms with Gasteiger partial charge >= 0.3 is 6.09 Å². The Balaban J connectivity index is 1.24. The maximum absolute atomic E-state index is 12.5. The van der Waals surface area contributed by atoms with E-state index in [-0.39, 0.29) is 12.6 Å². The summed E-state index contributed by atoms with van der Waals surface area (Å²) in [5.74, 6) is 0.0257. The van der Waals surface area contributed by atoms with Gasteiger partial charge in [0.2, 0.25) is 5.79 Å². The third-order valence-corrected chi connectivity index (χ3v) is 5.67. The molecule has 2 aromatic carbocycles. The molecule has 1 atom stereocenters. The summed E-state index contributed by atoms with van der Waals surface area (Å²) in [6.07, 6.45) is -9.14. The zero-order chi connectivity index (χ0) is 34.3. The van der Waals surface area contributed by atoms with Crippen LogP contribution in [0.2, 0.25) is 0 Å². The van der Waals surface area contributed by atoms with Crippen LogP contribution in [0, 0.1) is 0 Å². The third kappa shape index (κ3) is 7.71. The van der Waals surface area contributed by atoms with Gasteiger partial charge in [0.05, 0.1) is 20.0 Å². The first-order valence-electron chi connectivity index (χ1n) is 17.3. The average Bonchev–Trinajstić information content (AvgIpc) is 3.30. The van der Waals surface area contributed by atoms with Crippen molar-refractivity contribution in [2.75, 3.05) is 26.3 Å². The Kier molecular flexibility index (Phi) is 5.27. The number of hydrogen-bond donors (Lipinski definition) is 0. The Bertz CT molecular complexity index is 1410. The molecule has 0 N–H and O–H groups in total. The number of unbranched alkanes of at least 4 members (excludes halogenated alkanes) is 3. The molecular formula is C29H39NO5. The van der Waals surface area contributed by atoms with Crippen LogP contribution in [0.5, 0.6) is 5.75 Å². The molecule has 190 valence electrons. The standard InChI is InChI=1S/C29H39NO5/c1-29(2)33-22-25-20-24(15-16-26(25)35-29)27-21-30(28(31)34-27)17-9-3-4-10-18-32-19-11-8-14-23-12-6-5-7-13-23/h5-7,12-13,15-16,20,27H,3-4,8-11,14,17-19,21-22H2,1-2H3/i5D,8D2,11D2,12D,13D,14D2,19D2. The lowest BCUT2D eigenvalue weighted by molar-refractivity contribution is -0.180. The Labute approximate surface area is 225 Å². The normalized spacial score (nSPS) is 25.0. The Morgan fingerprint density at radius 2 is 2.00 bits per heavy atom. The van der Waals surface area contributed by atoms with Crippen LogP contribution < -0.4 is 4.74 Å². The van der Waals surface area contributed by atoms with E-state index in [1.165, 1.54) is 0 Å². The average molecular weight is 493 g/mol. The fraction of sp³-hybridized carbons (Fsp3) is 0.552. The van der Waals surface area contributed by atoms with Crippen LogP contribution in [0.4, 0.5) is 4.79 Å². The lowest BCUT2D eigenvalue weighted by atomic mass is 10.0. The van der Waals surface area contributed by atoms with E-state index in [1.54, 1.807) is 4.90 Å². The quantitative estimate of drug-likeness (QED) is 0.302. The first kappa shape index (κ1) is 14.9. The molecule has 0 spiro atoms. The van der Waals surface area contributed by atoms with E-state index in [1.807, 2.05) is 32.0 Å². The molecule has 4 rings (SSSR count). The number of ether oxygens (including phenoxy) is 4. The Morgan fingerprint density at radius 1 is 1.17 bits per heavy atom. The smallest absolute Gasteiger partial charge is 0.410 e. The van der Waals surface area contributed by atoms with E-state index >= 15 is 0 Å². The lowest BCUT2D eigenvalue weighted by Gasteiger charge is -2.32. The van der Waals surface area contributed by atoms with Crippen molar-refractivity contribution in [3.05, 3.63) is 65.1 Å². The molecule has 2 aliphatic rings. The first-order valence-corrected chi connectivity index (χ1v) is 11.8. The minimum atomic E-state index is -3.57. The number of rotatable bonds is 13. The fourth-order valence-electron chi connectivity index (χ4n) is 3.84. The number of carbonyl (C=O) groups excluding carboxylic acids is 1. The highest BCUT2D eigenvalue weighted by Gasteiger charge is 2.33. The number of fused-ring (bicyclic) bond motifs is 1. The number of amides is 1. The Hall–Kier alpha value is -2.57. The molecule has 35 heavy (non-hydrogen) atoms. The van der Waals surface area contributed by atoms with Crippen LogP contribution >= 0.6 is 0 Å². The second-order valence-corrected chi connectivity index (χ2v) is 8.83. The van der Waals surface area contributed by atoms with Gasteiger partial charge in [0, 0.05) is 47.3 Å². The molecule has 1 unspecified atom stereocenters. The zero-order valence-corrected chi connectivity index (χ0v) is 20.1. The van der Waals surface area contributed by atoms with E-state index in [0.717, 1.165) is 29.0 Å². The van der Waals surface area contributed by atoms with E-state index in [2.05, 4.69) is 0 Å². The van der Waals surface area contributed by atoms with E-state index in [9.17, 15) is 4.79 Å². The van der Waals surface area contributed by atoms with Gasteiger partial charge in [-0.25, -0.2) is 4.79 Å². The third-order valence-electron chi connectivity index (χ3n) is 5.67. The number of carbonyl (C=O) groups is 1. The maximum atomic E-state index is 12.5. The van der Waals surface area contributed by atoms with Gasteiger partial charge in [0.15, 0.2) is 0 Å². The second kappa shape index (κ2) is 12.4. The van der Waals surface area contributed by atoms with Gasteiger partial charge in [-0.1, -0.05) is 49.2 Å². The summed E-state index contributed by atoms with van der Waals surface area (Å²) in [5.41, 5.74) is 0.943. The van der Waals surface area contributed by atoms with Crippen LogP contribution in [-0.4, -0.2) is 43.0 Å². The molecule has 6 heteroatoms. The molecule has 2 aromatic rings. The molecule has 0 aromatic heterocycles. The molecule has 2 aliphatic heterocycles. The maximum Gasteiger partial charge on any atom is 0.410 e. The number of benzene rings is 2. The van der Waals surface area contributed by atoms with Crippen molar-refractivity contribution < 1.29 is 38.8 Å². The summed E-state index contributed by atoms with van der Waals surface area (Å²) in [5, 5.41) is 0. The van der Waals surface area contributed by atoms with Gasteiger partial charge in [0.25, 0.3) is 0 Å². The molecule has 0 saturated carbocycles. The minimum absolute atomic E-state index is 0.261. The molecular weight excluding hydrogens is 442 g/mol. The number of nitrogens with zero attached hydrogens (tertiary/aromatic N) is 1. The van der Waals surface area contributed by atoms with E-state index in [0.29, 0.717) is 45.4 Å². The largest absolute Gasteiger partial charge is 0.463 e. The van der Waals surface area contributed by atoms with Crippen LogP contribution in [0.3, 0.4) is 0 Å². The highest BCUT2D eigenvalue weighted by atomic mass is 16.7. The SMILES string of the molecule is [2H]c1cc([2H])c(C([2H])([2H])C([2H])([2H])C([2H])([2H])C([2H])([2H])OCCCCCCN2CC(c3ccc4c(c3)COC(C)(C)O4)OC2=O)c([2H])c1. The number of hydrogen-bond acceptors (Lipinski definition) is 5. The van der Waals surface area contributed by atoms with Gasteiger partial charge in [0.1, 0.15) is 11.9 Å². The zero-order valence-electron chi connectivity index (χ0n) is 31.1.